The number of hydrogen-bond acceptors (Lipinski definition) is 9. The molecule has 0 saturated carbocycles. The summed E-state index contributed by atoms with van der Waals surface area (Å²) >= 11 is 4.47. The van der Waals surface area contributed by atoms with Crippen LogP contribution in [0.5, 0.6) is 0 Å². The first-order valence-corrected chi connectivity index (χ1v) is 12.8. The topological polar surface area (TPSA) is 130 Å². The van der Waals surface area contributed by atoms with Crippen molar-refractivity contribution in [3.63, 3.8) is 0 Å². The first kappa shape index (κ1) is 25.5. The molecule has 0 radical (unpaired) electrons. The van der Waals surface area contributed by atoms with Crippen molar-refractivity contribution < 1.29 is 23.9 Å². The van der Waals surface area contributed by atoms with E-state index in [-0.39, 0.29) is 34.3 Å². The molecule has 1 N–H and O–H groups in total. The summed E-state index contributed by atoms with van der Waals surface area (Å²) in [6, 6.07) is 3.28. The summed E-state index contributed by atoms with van der Waals surface area (Å²) < 4.78 is 14.3. The Morgan fingerprint density at radius 2 is 1.83 bits per heavy atom. The van der Waals surface area contributed by atoms with Crippen molar-refractivity contribution in [3.05, 3.63) is 50.7 Å². The van der Waals surface area contributed by atoms with E-state index in [0.717, 1.165) is 15.8 Å². The van der Waals surface area contributed by atoms with Gasteiger partial charge in [-0.15, -0.1) is 11.3 Å². The van der Waals surface area contributed by atoms with Crippen LogP contribution in [-0.2, 0) is 16.0 Å². The van der Waals surface area contributed by atoms with Gasteiger partial charge in [0.15, 0.2) is 11.3 Å². The van der Waals surface area contributed by atoms with Crippen LogP contribution < -0.4 is 5.32 Å². The summed E-state index contributed by atoms with van der Waals surface area (Å²) in [4.78, 5) is 42.7. The second-order valence-electron chi connectivity index (χ2n) is 7.47. The lowest BCUT2D eigenvalue weighted by Gasteiger charge is -2.06. The second kappa shape index (κ2) is 10.6. The van der Waals surface area contributed by atoms with Gasteiger partial charge < -0.3 is 14.8 Å². The third kappa shape index (κ3) is 4.75. The Kier molecular flexibility index (Phi) is 7.50. The van der Waals surface area contributed by atoms with Gasteiger partial charge in [0.2, 0.25) is 0 Å². The van der Waals surface area contributed by atoms with Crippen molar-refractivity contribution in [2.45, 2.75) is 34.2 Å². The first-order valence-electron chi connectivity index (χ1n) is 11.2. The van der Waals surface area contributed by atoms with Gasteiger partial charge in [0, 0.05) is 25.0 Å². The number of aryl methyl sites for hydroxylation is 1. The SMILES string of the molecule is CCOC(=O)c1sc(NC(=O)c2cc3nccc(-c4nn(CC)cc4Br)n3n2)c(C(=O)OCC)c1C. The molecule has 0 atom stereocenters. The summed E-state index contributed by atoms with van der Waals surface area (Å²) in [5.41, 5.74) is 2.28. The number of amides is 1. The number of rotatable bonds is 8. The number of hydrogen-bond donors (Lipinski definition) is 1. The van der Waals surface area contributed by atoms with Crippen LogP contribution in [0.15, 0.2) is 29.0 Å². The maximum Gasteiger partial charge on any atom is 0.348 e. The molecule has 1 amide bonds. The Morgan fingerprint density at radius 3 is 2.50 bits per heavy atom. The summed E-state index contributed by atoms with van der Waals surface area (Å²) in [7, 11) is 0. The lowest BCUT2D eigenvalue weighted by molar-refractivity contribution is 0.0527. The van der Waals surface area contributed by atoms with Gasteiger partial charge in [-0.05, 0) is 55.3 Å². The largest absolute Gasteiger partial charge is 0.462 e. The van der Waals surface area contributed by atoms with E-state index in [1.807, 2.05) is 13.1 Å². The molecule has 13 heteroatoms. The fourth-order valence-corrected chi connectivity index (χ4v) is 5.13. The van der Waals surface area contributed by atoms with Crippen LogP contribution in [-0.4, -0.2) is 55.4 Å². The average Bonchev–Trinajstić information content (AvgIpc) is 3.54. The van der Waals surface area contributed by atoms with Gasteiger partial charge in [-0.3, -0.25) is 9.48 Å². The third-order valence-electron chi connectivity index (χ3n) is 5.19. The van der Waals surface area contributed by atoms with Gasteiger partial charge >= 0.3 is 11.9 Å². The zero-order valence-corrected chi connectivity index (χ0v) is 22.4. The number of carbonyl (C=O) groups excluding carboxylic acids is 3. The smallest absolute Gasteiger partial charge is 0.348 e. The molecule has 0 aliphatic heterocycles. The van der Waals surface area contributed by atoms with Gasteiger partial charge in [0.05, 0.1) is 28.9 Å². The number of ether oxygens (including phenoxy) is 2. The molecule has 4 aromatic heterocycles. The van der Waals surface area contributed by atoms with Crippen LogP contribution in [0.1, 0.15) is 56.9 Å². The van der Waals surface area contributed by atoms with E-state index >= 15 is 0 Å². The van der Waals surface area contributed by atoms with Crippen LogP contribution >= 0.6 is 27.3 Å². The van der Waals surface area contributed by atoms with E-state index in [2.05, 4.69) is 36.4 Å². The Morgan fingerprint density at radius 1 is 1.11 bits per heavy atom. The van der Waals surface area contributed by atoms with E-state index < -0.39 is 17.8 Å². The maximum atomic E-state index is 13.2. The van der Waals surface area contributed by atoms with Gasteiger partial charge in [-0.2, -0.15) is 10.2 Å². The van der Waals surface area contributed by atoms with E-state index in [1.54, 1.807) is 37.7 Å². The number of nitrogens with zero attached hydrogens (tertiary/aromatic N) is 5. The van der Waals surface area contributed by atoms with E-state index in [9.17, 15) is 14.4 Å². The monoisotopic (exact) mass is 574 g/mol. The minimum absolute atomic E-state index is 0.0690. The van der Waals surface area contributed by atoms with Crippen molar-refractivity contribution >= 4 is 55.8 Å². The van der Waals surface area contributed by atoms with Crippen molar-refractivity contribution in [1.29, 1.82) is 0 Å². The number of aromatic nitrogens is 5. The fraction of sp³-hybridized carbons (Fsp3) is 0.304. The van der Waals surface area contributed by atoms with Gasteiger partial charge in [0.25, 0.3) is 5.91 Å². The van der Waals surface area contributed by atoms with Gasteiger partial charge in [0.1, 0.15) is 15.6 Å². The van der Waals surface area contributed by atoms with Crippen molar-refractivity contribution in [2.75, 3.05) is 18.5 Å². The summed E-state index contributed by atoms with van der Waals surface area (Å²) in [5, 5.41) is 11.9. The molecular weight excluding hydrogens is 552 g/mol. The lowest BCUT2D eigenvalue weighted by atomic mass is 10.1. The number of thiophene rings is 1. The highest BCUT2D eigenvalue weighted by molar-refractivity contribution is 9.10. The highest BCUT2D eigenvalue weighted by atomic mass is 79.9. The van der Waals surface area contributed by atoms with Crippen LogP contribution in [0, 0.1) is 6.92 Å². The summed E-state index contributed by atoms with van der Waals surface area (Å²) in [6.07, 6.45) is 3.47. The van der Waals surface area contributed by atoms with Crippen LogP contribution in [0.2, 0.25) is 0 Å². The molecule has 4 heterocycles. The summed E-state index contributed by atoms with van der Waals surface area (Å²) in [6.45, 7) is 7.96. The Hall–Kier alpha value is -3.58. The molecule has 0 aliphatic carbocycles. The van der Waals surface area contributed by atoms with Gasteiger partial charge in [-0.1, -0.05) is 0 Å². The summed E-state index contributed by atoms with van der Waals surface area (Å²) in [5.74, 6) is -1.80. The van der Waals surface area contributed by atoms with Crippen molar-refractivity contribution in [1.82, 2.24) is 24.4 Å². The first-order chi connectivity index (χ1) is 17.3. The highest BCUT2D eigenvalue weighted by Crippen LogP contribution is 2.35. The standard InChI is InChI=1S/C23H23BrN6O5S/c1-5-29-11-13(24)18(28-29)15-8-9-25-16-10-14(27-30(15)16)20(31)26-21-17(22(32)34-6-2)12(4)19(36-21)23(33)35-7-3/h8-11H,5-7H2,1-4H3,(H,26,31). The predicted molar refractivity (Wildman–Crippen MR) is 137 cm³/mol. The maximum absolute atomic E-state index is 13.2. The molecule has 11 nitrogen and oxygen atoms in total. The zero-order valence-electron chi connectivity index (χ0n) is 20.0. The molecule has 4 rings (SSSR count). The number of fused-ring (bicyclic) bond motifs is 1. The van der Waals surface area contributed by atoms with E-state index in [4.69, 9.17) is 9.47 Å². The van der Waals surface area contributed by atoms with E-state index in [0.29, 0.717) is 29.1 Å². The number of halogens is 1. The van der Waals surface area contributed by atoms with E-state index in [1.165, 1.54) is 10.6 Å². The molecule has 0 aromatic carbocycles. The molecule has 0 saturated heterocycles. The van der Waals surface area contributed by atoms with Crippen LogP contribution in [0.3, 0.4) is 0 Å². The van der Waals surface area contributed by atoms with Crippen LogP contribution in [0.25, 0.3) is 17.0 Å². The fourth-order valence-electron chi connectivity index (χ4n) is 3.53. The molecule has 0 aliphatic rings. The molecular formula is C23H23BrN6O5S. The average molecular weight is 575 g/mol. The molecule has 188 valence electrons. The number of esters is 2. The van der Waals surface area contributed by atoms with Crippen molar-refractivity contribution in [2.24, 2.45) is 0 Å². The number of carbonyl (C=O) groups is 3. The van der Waals surface area contributed by atoms with Crippen molar-refractivity contribution in [3.8, 4) is 11.4 Å². The lowest BCUT2D eigenvalue weighted by Crippen LogP contribution is -2.15. The second-order valence-corrected chi connectivity index (χ2v) is 9.34. The molecule has 0 spiro atoms. The molecule has 36 heavy (non-hydrogen) atoms. The molecule has 4 aromatic rings. The van der Waals surface area contributed by atoms with Gasteiger partial charge in [-0.25, -0.2) is 19.1 Å². The highest BCUT2D eigenvalue weighted by Gasteiger charge is 2.28. The quantitative estimate of drug-likeness (QED) is 0.307. The Balaban J connectivity index is 1.71. The normalized spacial score (nSPS) is 11.0. The number of nitrogens with one attached hydrogen (secondary N) is 1. The zero-order chi connectivity index (χ0) is 26.0. The predicted octanol–water partition coefficient (Wildman–Crippen LogP) is 4.35. The minimum Gasteiger partial charge on any atom is -0.462 e. The third-order valence-corrected chi connectivity index (χ3v) is 6.96. The molecule has 0 bridgehead atoms. The Labute approximate surface area is 218 Å². The Bertz CT molecular complexity index is 1470. The number of anilines is 1. The van der Waals surface area contributed by atoms with Crippen LogP contribution in [0.4, 0.5) is 5.00 Å². The molecule has 0 unspecified atom stereocenters. The molecule has 0 fully saturated rings. The minimum atomic E-state index is -0.646.